The van der Waals surface area contributed by atoms with Crippen molar-refractivity contribution in [3.63, 3.8) is 0 Å². The van der Waals surface area contributed by atoms with Crippen molar-refractivity contribution in [2.45, 2.75) is 130 Å². The first kappa shape index (κ1) is 58.2. The highest BCUT2D eigenvalue weighted by atomic mass is 32.3. The maximum absolute atomic E-state index is 16.6. The summed E-state index contributed by atoms with van der Waals surface area (Å²) in [5.41, 5.74) is -12.8. The molecule has 4 bridgehead atoms. The molecule has 0 N–H and O–H groups in total. The van der Waals surface area contributed by atoms with Gasteiger partial charge in [-0.3, -0.25) is 0 Å². The molecule has 0 spiro atoms. The number of alkyl halides is 20. The molecule has 8 aliphatic rings. The third-order valence-electron chi connectivity index (χ3n) is 16.9. The Bertz CT molecular complexity index is 2550. The summed E-state index contributed by atoms with van der Waals surface area (Å²) in [6, 6.07) is 3.60. The number of halogens is 20. The fourth-order valence-corrected chi connectivity index (χ4v) is 18.0. The first-order chi connectivity index (χ1) is 35.3. The van der Waals surface area contributed by atoms with Gasteiger partial charge >= 0.3 is 58.0 Å². The quantitative estimate of drug-likeness (QED) is 0.134. The molecule has 1 aromatic rings. The van der Waals surface area contributed by atoms with E-state index < -0.39 is 180 Å². The molecule has 6 fully saturated rings. The van der Waals surface area contributed by atoms with E-state index in [2.05, 4.69) is 4.74 Å². The van der Waals surface area contributed by atoms with Crippen molar-refractivity contribution in [2.75, 3.05) is 33.0 Å². The van der Waals surface area contributed by atoms with Crippen LogP contribution in [0, 0.1) is 45.3 Å². The Balaban J connectivity index is 1.35. The fraction of sp³-hybridized carbons (Fsp3) is 0.702. The molecule has 0 amide bonds. The molecule has 8 nitrogen and oxygen atoms in total. The van der Waals surface area contributed by atoms with E-state index in [1.54, 1.807) is 0 Å². The minimum absolute atomic E-state index is 0.0989. The molecule has 2 saturated heterocycles. The highest BCUT2D eigenvalue weighted by Gasteiger charge is 2.86. The van der Waals surface area contributed by atoms with Gasteiger partial charge in [0.15, 0.2) is 10.8 Å². The molecule has 4 saturated carbocycles. The third kappa shape index (κ3) is 8.37. The number of rotatable bonds is 18. The molecule has 30 heteroatoms. The van der Waals surface area contributed by atoms with E-state index in [9.17, 15) is 17.2 Å². The highest BCUT2D eigenvalue weighted by Crippen LogP contribution is 2.77. The molecule has 1 aromatic carbocycles. The second kappa shape index (κ2) is 18.3. The van der Waals surface area contributed by atoms with Gasteiger partial charge in [-0.05, 0) is 91.4 Å². The van der Waals surface area contributed by atoms with E-state index in [-0.39, 0.29) is 74.7 Å². The molecular weight excluding hydrogens is 1140 g/mol. The molecular formula is C47H46F20O8S2. The largest absolute Gasteiger partial charge is 0.496 e. The highest BCUT2D eigenvalue weighted by molar-refractivity contribution is 8.39. The van der Waals surface area contributed by atoms with Crippen LogP contribution in [0.3, 0.4) is 0 Å². The first-order valence-corrected chi connectivity index (χ1v) is 26.8. The van der Waals surface area contributed by atoms with Crippen molar-refractivity contribution in [1.29, 1.82) is 0 Å². The summed E-state index contributed by atoms with van der Waals surface area (Å²) in [5, 5.41) is -7.75. The van der Waals surface area contributed by atoms with E-state index >= 15 is 79.0 Å². The topological polar surface area (TPSA) is 89.5 Å². The van der Waals surface area contributed by atoms with Gasteiger partial charge in [-0.15, -0.1) is 0 Å². The average Bonchev–Trinajstić information content (AvgIpc) is 4.00. The van der Waals surface area contributed by atoms with Crippen molar-refractivity contribution < 1.29 is 124 Å². The molecule has 6 aliphatic carbocycles. The fourth-order valence-electron chi connectivity index (χ4n) is 12.6. The van der Waals surface area contributed by atoms with Crippen molar-refractivity contribution in [1.82, 2.24) is 0 Å². The standard InChI is InChI=1S/C47H46F20O8S2/c1-2-16-74-46(64,65)40(48,49)41(50,51)47(66,67)77(68,69)75-76(27-6-4-3-5-7-27,32-10-14-38(42(52,53)54,43(55,56)57)19-30(32)72-23-36-12-8-25(17-36)28-21-70-34(28)36)33-11-15-39(44(58,59)60,45(61,62)63)20-31(33)73-24-37-13-9-26(18-37)29-22-71-35(29)37/h3-7,10-11,14-15,25-26,28-29,34-35H,2,8-9,12-13,16-24H2,1H3. The van der Waals surface area contributed by atoms with Gasteiger partial charge in [0.2, 0.25) is 0 Å². The normalized spacial score (nSPS) is 32.4. The van der Waals surface area contributed by atoms with Crippen LogP contribution < -0.4 is 0 Å². The Morgan fingerprint density at radius 3 is 1.36 bits per heavy atom. The number of ether oxygens (including phenoxy) is 5. The molecule has 2 aliphatic heterocycles. The van der Waals surface area contributed by atoms with Gasteiger partial charge in [-0.1, -0.05) is 37.3 Å². The van der Waals surface area contributed by atoms with Gasteiger partial charge in [0, 0.05) is 40.4 Å². The summed E-state index contributed by atoms with van der Waals surface area (Å²) < 4.78 is 368. The maximum Gasteiger partial charge on any atom is 0.439 e. The molecule has 77 heavy (non-hydrogen) atoms. The number of hydrogen-bond acceptors (Lipinski definition) is 8. The second-order valence-corrected chi connectivity index (χ2v) is 25.5. The van der Waals surface area contributed by atoms with Crippen LogP contribution in [0.2, 0.25) is 0 Å². The zero-order valence-electron chi connectivity index (χ0n) is 39.7. The lowest BCUT2D eigenvalue weighted by molar-refractivity contribution is -0.417. The Morgan fingerprint density at radius 2 is 1.01 bits per heavy atom. The van der Waals surface area contributed by atoms with Crippen molar-refractivity contribution in [3.05, 3.63) is 76.0 Å². The molecule has 8 atom stereocenters. The van der Waals surface area contributed by atoms with Gasteiger partial charge in [0.05, 0.1) is 55.1 Å². The minimum atomic E-state index is -8.39. The van der Waals surface area contributed by atoms with E-state index in [4.69, 9.17) is 22.6 Å². The Hall–Kier alpha value is -3.48. The van der Waals surface area contributed by atoms with Gasteiger partial charge in [-0.2, -0.15) is 96.2 Å². The first-order valence-electron chi connectivity index (χ1n) is 23.9. The molecule has 434 valence electrons. The summed E-state index contributed by atoms with van der Waals surface area (Å²) in [6.07, 6.45) is -40.8. The number of allylic oxidation sites excluding steroid dienone is 6. The van der Waals surface area contributed by atoms with Crippen molar-refractivity contribution >= 4 is 20.4 Å². The van der Waals surface area contributed by atoms with Crippen LogP contribution in [0.25, 0.3) is 0 Å². The monoisotopic (exact) mass is 1180 g/mol. The second-order valence-electron chi connectivity index (χ2n) is 21.1. The molecule has 9 rings (SSSR count). The predicted molar refractivity (Wildman–Crippen MR) is 227 cm³/mol. The lowest BCUT2D eigenvalue weighted by Crippen LogP contribution is -2.65. The lowest BCUT2D eigenvalue weighted by Gasteiger charge is -2.49. The van der Waals surface area contributed by atoms with Crippen LogP contribution in [0.5, 0.6) is 0 Å². The van der Waals surface area contributed by atoms with E-state index in [1.807, 2.05) is 0 Å². The average molecular weight is 1180 g/mol. The maximum atomic E-state index is 16.6. The van der Waals surface area contributed by atoms with Crippen LogP contribution in [-0.4, -0.2) is 102 Å². The zero-order chi connectivity index (χ0) is 56.9. The number of fused-ring (bicyclic) bond motifs is 10. The van der Waals surface area contributed by atoms with Crippen LogP contribution in [-0.2, 0) is 37.4 Å². The predicted octanol–water partition coefficient (Wildman–Crippen LogP) is 14.2. The number of hydrogen-bond donors (Lipinski definition) is 0. The lowest BCUT2D eigenvalue weighted by atomic mass is 9.75. The summed E-state index contributed by atoms with van der Waals surface area (Å²) in [4.78, 5) is -4.60. The van der Waals surface area contributed by atoms with Gasteiger partial charge in [-0.25, -0.2) is 3.63 Å². The van der Waals surface area contributed by atoms with Crippen LogP contribution in [0.4, 0.5) is 87.8 Å². The summed E-state index contributed by atoms with van der Waals surface area (Å²) in [7, 11) is -14.5. The van der Waals surface area contributed by atoms with Crippen molar-refractivity contribution in [3.8, 4) is 0 Å². The SMILES string of the molecule is CCCOC(F)(F)C(F)(F)C(F)(F)C(F)(F)S(=O)(=O)OS(C1=C(OCC23CCC(C2)C2COC23)CC(C(F)(F)F)(C(F)(F)F)C=C1)(C1=C(OCC23CCC(C2)C2COC23)CC(C(F)(F)F)(C(F)(F)F)C=C1)c1ccccc1. The van der Waals surface area contributed by atoms with Gasteiger partial charge in [0.25, 0.3) is 0 Å². The zero-order valence-corrected chi connectivity index (χ0v) is 41.3. The third-order valence-corrected chi connectivity index (χ3v) is 22.2. The van der Waals surface area contributed by atoms with Crippen LogP contribution in [0.1, 0.15) is 64.7 Å². The molecule has 2 heterocycles. The summed E-state index contributed by atoms with van der Waals surface area (Å²) >= 11 is 0. The minimum Gasteiger partial charge on any atom is -0.496 e. The summed E-state index contributed by atoms with van der Waals surface area (Å²) in [6.45, 7) is -2.24. The Labute approximate surface area is 427 Å². The molecule has 0 aromatic heterocycles. The van der Waals surface area contributed by atoms with Crippen molar-refractivity contribution in [2.24, 2.45) is 45.3 Å². The van der Waals surface area contributed by atoms with Crippen LogP contribution >= 0.6 is 10.3 Å². The Kier molecular flexibility index (Phi) is 13.8. The molecule has 0 radical (unpaired) electrons. The summed E-state index contributed by atoms with van der Waals surface area (Å²) in [5.74, 6) is -19.8. The van der Waals surface area contributed by atoms with Gasteiger partial charge < -0.3 is 23.7 Å². The van der Waals surface area contributed by atoms with E-state index in [0.29, 0.717) is 25.0 Å². The van der Waals surface area contributed by atoms with Crippen LogP contribution in [0.15, 0.2) is 80.9 Å². The van der Waals surface area contributed by atoms with E-state index in [1.165, 1.54) is 0 Å². The Morgan fingerprint density at radius 1 is 0.597 bits per heavy atom. The van der Waals surface area contributed by atoms with Gasteiger partial charge in [0.1, 0.15) is 11.5 Å². The molecule has 8 unspecified atom stereocenters. The van der Waals surface area contributed by atoms with E-state index in [0.717, 1.165) is 25.1 Å². The number of benzene rings is 1. The smallest absolute Gasteiger partial charge is 0.439 e.